The second-order valence-electron chi connectivity index (χ2n) is 5.53. The minimum Gasteiger partial charge on any atom is -0.491 e. The molecular formula is C18H14Cl2FN3O2. The highest BCUT2D eigenvalue weighted by atomic mass is 35.5. The molecule has 1 atom stereocenters. The van der Waals surface area contributed by atoms with E-state index in [0.29, 0.717) is 11.4 Å². The summed E-state index contributed by atoms with van der Waals surface area (Å²) in [5.74, 6) is -0.428. The lowest BCUT2D eigenvalue weighted by Crippen LogP contribution is -2.06. The molecule has 3 N–H and O–H groups in total. The Labute approximate surface area is 159 Å². The second-order valence-corrected chi connectivity index (χ2v) is 6.32. The number of aromatic hydroxyl groups is 1. The van der Waals surface area contributed by atoms with Gasteiger partial charge in [-0.1, -0.05) is 23.2 Å². The van der Waals surface area contributed by atoms with Crippen LogP contribution in [-0.4, -0.2) is 15.1 Å². The van der Waals surface area contributed by atoms with Crippen molar-refractivity contribution in [2.45, 2.75) is 13.0 Å². The van der Waals surface area contributed by atoms with E-state index in [0.717, 1.165) is 5.56 Å². The topological polar surface area (TPSA) is 81.3 Å². The summed E-state index contributed by atoms with van der Waals surface area (Å²) in [4.78, 5) is 7.94. The molecule has 3 rings (SSSR count). The number of nitrogens with zero attached hydrogens (tertiary/aromatic N) is 2. The molecule has 0 aliphatic heterocycles. The first kappa shape index (κ1) is 18.2. The van der Waals surface area contributed by atoms with Gasteiger partial charge < -0.3 is 15.6 Å². The van der Waals surface area contributed by atoms with Crippen molar-refractivity contribution in [2.75, 3.05) is 5.73 Å². The van der Waals surface area contributed by atoms with E-state index in [2.05, 4.69) is 9.97 Å². The highest BCUT2D eigenvalue weighted by Gasteiger charge is 2.20. The summed E-state index contributed by atoms with van der Waals surface area (Å²) in [7, 11) is 0. The first-order chi connectivity index (χ1) is 12.4. The van der Waals surface area contributed by atoms with Crippen molar-refractivity contribution < 1.29 is 14.2 Å². The molecule has 3 aromatic rings. The molecule has 5 nitrogen and oxygen atoms in total. The predicted octanol–water partition coefficient (Wildman–Crippen LogP) is 5.02. The van der Waals surface area contributed by atoms with Crippen LogP contribution in [0.15, 0.2) is 42.7 Å². The van der Waals surface area contributed by atoms with Crippen molar-refractivity contribution in [1.29, 1.82) is 0 Å². The van der Waals surface area contributed by atoms with Crippen LogP contribution in [0.3, 0.4) is 0 Å². The van der Waals surface area contributed by atoms with E-state index in [9.17, 15) is 9.50 Å². The number of ether oxygens (including phenoxy) is 1. The predicted molar refractivity (Wildman–Crippen MR) is 99.0 cm³/mol. The van der Waals surface area contributed by atoms with Gasteiger partial charge in [-0.15, -0.1) is 0 Å². The number of hydrogen-bond acceptors (Lipinski definition) is 5. The van der Waals surface area contributed by atoms with Gasteiger partial charge in [0.15, 0.2) is 5.75 Å². The zero-order valence-electron chi connectivity index (χ0n) is 13.6. The van der Waals surface area contributed by atoms with Crippen molar-refractivity contribution >= 4 is 29.0 Å². The number of nitrogen functional groups attached to an aromatic ring is 1. The summed E-state index contributed by atoms with van der Waals surface area (Å²) in [6, 6.07) is 7.58. The maximum atomic E-state index is 13.7. The number of nitrogens with two attached hydrogens (primary N) is 1. The van der Waals surface area contributed by atoms with Crippen molar-refractivity contribution in [3.8, 4) is 22.8 Å². The van der Waals surface area contributed by atoms with Gasteiger partial charge in [0.1, 0.15) is 17.7 Å². The zero-order valence-corrected chi connectivity index (χ0v) is 15.1. The second kappa shape index (κ2) is 7.35. The van der Waals surface area contributed by atoms with Crippen LogP contribution in [0.2, 0.25) is 10.0 Å². The molecule has 8 heteroatoms. The summed E-state index contributed by atoms with van der Waals surface area (Å²) < 4.78 is 19.5. The van der Waals surface area contributed by atoms with Gasteiger partial charge in [0.25, 0.3) is 5.88 Å². The number of rotatable bonds is 4. The third kappa shape index (κ3) is 3.66. The molecule has 2 heterocycles. The average molecular weight is 394 g/mol. The quantitative estimate of drug-likeness (QED) is 0.608. The van der Waals surface area contributed by atoms with Gasteiger partial charge in [0, 0.05) is 34.1 Å². The molecule has 0 radical (unpaired) electrons. The lowest BCUT2D eigenvalue weighted by Gasteiger charge is -2.18. The Kier molecular flexibility index (Phi) is 5.15. The third-order valence-corrected chi connectivity index (χ3v) is 4.46. The smallest absolute Gasteiger partial charge is 0.254 e. The Morgan fingerprint density at radius 1 is 1.12 bits per heavy atom. The fourth-order valence-corrected chi connectivity index (χ4v) is 3.10. The molecule has 0 aliphatic rings. The Bertz CT molecular complexity index is 952. The van der Waals surface area contributed by atoms with Crippen LogP contribution in [-0.2, 0) is 0 Å². The van der Waals surface area contributed by atoms with Crippen molar-refractivity contribution in [2.24, 2.45) is 0 Å². The van der Waals surface area contributed by atoms with Gasteiger partial charge in [-0.3, -0.25) is 0 Å². The lowest BCUT2D eigenvalue weighted by molar-refractivity contribution is 0.215. The van der Waals surface area contributed by atoms with Crippen molar-refractivity contribution in [3.05, 3.63) is 64.2 Å². The highest BCUT2D eigenvalue weighted by molar-refractivity contribution is 6.36. The van der Waals surface area contributed by atoms with Crippen LogP contribution in [0, 0.1) is 5.82 Å². The van der Waals surface area contributed by atoms with E-state index in [1.807, 2.05) is 0 Å². The first-order valence-corrected chi connectivity index (χ1v) is 8.33. The number of aromatic nitrogens is 2. The molecule has 0 amide bonds. The summed E-state index contributed by atoms with van der Waals surface area (Å²) in [6.07, 6.45) is 2.33. The van der Waals surface area contributed by atoms with Gasteiger partial charge in [-0.05, 0) is 37.3 Å². The summed E-state index contributed by atoms with van der Waals surface area (Å²) in [6.45, 7) is 1.64. The van der Waals surface area contributed by atoms with Crippen LogP contribution in [0.1, 0.15) is 18.6 Å². The fraction of sp³-hybridized carbons (Fsp3) is 0.111. The molecule has 0 saturated carbocycles. The average Bonchev–Trinajstić information content (AvgIpc) is 2.61. The molecule has 0 bridgehead atoms. The molecule has 26 heavy (non-hydrogen) atoms. The highest BCUT2D eigenvalue weighted by Crippen LogP contribution is 2.37. The molecule has 2 aromatic heterocycles. The van der Waals surface area contributed by atoms with Gasteiger partial charge in [0.05, 0.1) is 5.02 Å². The molecule has 1 unspecified atom stereocenters. The van der Waals surface area contributed by atoms with Gasteiger partial charge >= 0.3 is 0 Å². The fourth-order valence-electron chi connectivity index (χ4n) is 2.42. The van der Waals surface area contributed by atoms with E-state index in [4.69, 9.17) is 33.7 Å². The van der Waals surface area contributed by atoms with Crippen LogP contribution in [0.25, 0.3) is 11.1 Å². The lowest BCUT2D eigenvalue weighted by atomic mass is 10.1. The molecule has 1 aromatic carbocycles. The first-order valence-electron chi connectivity index (χ1n) is 7.57. The van der Waals surface area contributed by atoms with Crippen molar-refractivity contribution in [3.63, 3.8) is 0 Å². The van der Waals surface area contributed by atoms with E-state index in [-0.39, 0.29) is 27.2 Å². The number of anilines is 1. The van der Waals surface area contributed by atoms with Crippen molar-refractivity contribution in [1.82, 2.24) is 9.97 Å². The number of benzene rings is 1. The van der Waals surface area contributed by atoms with E-state index in [1.54, 1.807) is 31.3 Å². The van der Waals surface area contributed by atoms with E-state index in [1.165, 1.54) is 18.3 Å². The minimum absolute atomic E-state index is 0.100. The standard InChI is InChI=1S/C18H14Cl2FN3O2/c1-9(16-12(19)3-4-13(21)17(16)20)26-14-6-11(8-24-18(14)25)10-2-5-15(22)23-7-10/h2-9H,1H3,(H2,22,23)(H,24,25). The SMILES string of the molecule is CC(Oc1cc(-c2ccc(N)nc2)cnc1O)c1c(Cl)ccc(F)c1Cl. The Morgan fingerprint density at radius 3 is 2.54 bits per heavy atom. The molecular weight excluding hydrogens is 380 g/mol. The van der Waals surface area contributed by atoms with Crippen LogP contribution in [0.4, 0.5) is 10.2 Å². The van der Waals surface area contributed by atoms with Gasteiger partial charge in [0.2, 0.25) is 0 Å². The monoisotopic (exact) mass is 393 g/mol. The van der Waals surface area contributed by atoms with Gasteiger partial charge in [-0.25, -0.2) is 14.4 Å². The number of pyridine rings is 2. The Balaban J connectivity index is 1.94. The Morgan fingerprint density at radius 2 is 1.85 bits per heavy atom. The largest absolute Gasteiger partial charge is 0.491 e. The molecule has 0 aliphatic carbocycles. The molecule has 134 valence electrons. The van der Waals surface area contributed by atoms with Crippen LogP contribution >= 0.6 is 23.2 Å². The third-order valence-electron chi connectivity index (χ3n) is 3.74. The van der Waals surface area contributed by atoms with Gasteiger partial charge in [-0.2, -0.15) is 0 Å². The molecule has 0 saturated heterocycles. The maximum absolute atomic E-state index is 13.7. The molecule has 0 spiro atoms. The zero-order chi connectivity index (χ0) is 18.8. The minimum atomic E-state index is -0.724. The number of hydrogen-bond donors (Lipinski definition) is 2. The number of halogens is 3. The van der Waals surface area contributed by atoms with Crippen LogP contribution in [0.5, 0.6) is 11.6 Å². The van der Waals surface area contributed by atoms with E-state index < -0.39 is 11.9 Å². The van der Waals surface area contributed by atoms with E-state index >= 15 is 0 Å². The van der Waals surface area contributed by atoms with Crippen LogP contribution < -0.4 is 10.5 Å². The summed E-state index contributed by atoms with van der Waals surface area (Å²) >= 11 is 12.1. The Hall–Kier alpha value is -2.57. The normalized spacial score (nSPS) is 12.0. The maximum Gasteiger partial charge on any atom is 0.254 e. The summed E-state index contributed by atoms with van der Waals surface area (Å²) in [5, 5.41) is 10.1. The summed E-state index contributed by atoms with van der Waals surface area (Å²) in [5.41, 5.74) is 7.27. The molecule has 0 fully saturated rings.